The maximum absolute atomic E-state index is 14.4. The number of aryl methyl sites for hydroxylation is 2. The lowest BCUT2D eigenvalue weighted by Gasteiger charge is -2.46. The first-order chi connectivity index (χ1) is 14.9. The van der Waals surface area contributed by atoms with Crippen LogP contribution in [0, 0.1) is 19.7 Å². The van der Waals surface area contributed by atoms with Gasteiger partial charge in [-0.25, -0.2) is 4.39 Å². The van der Waals surface area contributed by atoms with Crippen LogP contribution in [-0.2, 0) is 12.1 Å². The Labute approximate surface area is 179 Å². The lowest BCUT2D eigenvalue weighted by atomic mass is 9.78. The molecule has 1 saturated heterocycles. The second kappa shape index (κ2) is 8.56. The van der Waals surface area contributed by atoms with Gasteiger partial charge >= 0.3 is 0 Å². The second-order valence-corrected chi connectivity index (χ2v) is 7.96. The summed E-state index contributed by atoms with van der Waals surface area (Å²) in [5, 5.41) is 18.0. The number of nitrogens with one attached hydrogen (secondary N) is 1. The zero-order chi connectivity index (χ0) is 22.0. The fraction of sp³-hybridized carbons (Fsp3) is 0.348. The molecule has 0 unspecified atom stereocenters. The summed E-state index contributed by atoms with van der Waals surface area (Å²) in [6.07, 6.45) is -0.492. The van der Waals surface area contributed by atoms with E-state index in [0.717, 1.165) is 5.56 Å². The van der Waals surface area contributed by atoms with Crippen molar-refractivity contribution in [2.45, 2.75) is 38.5 Å². The Morgan fingerprint density at radius 2 is 2.03 bits per heavy atom. The Hall–Kier alpha value is -3.10. The Morgan fingerprint density at radius 1 is 1.26 bits per heavy atom. The molecule has 0 radical (unpaired) electrons. The van der Waals surface area contributed by atoms with Crippen LogP contribution in [0.3, 0.4) is 0 Å². The van der Waals surface area contributed by atoms with Crippen molar-refractivity contribution in [1.29, 1.82) is 0 Å². The predicted octanol–water partition coefficient (Wildman–Crippen LogP) is 2.72. The number of likely N-dealkylation sites (tertiary alicyclic amines) is 1. The maximum Gasteiger partial charge on any atom is 0.255 e. The third kappa shape index (κ3) is 4.22. The van der Waals surface area contributed by atoms with E-state index in [2.05, 4.69) is 15.5 Å². The molecule has 2 heterocycles. The number of aliphatic hydroxyl groups excluding tert-OH is 1. The van der Waals surface area contributed by atoms with Gasteiger partial charge in [-0.1, -0.05) is 47.6 Å². The molecule has 1 aliphatic rings. The Balaban J connectivity index is 1.61. The molecule has 31 heavy (non-hydrogen) atoms. The first kappa shape index (κ1) is 21.1. The summed E-state index contributed by atoms with van der Waals surface area (Å²) in [4.78, 5) is 19.4. The maximum atomic E-state index is 14.4. The second-order valence-electron chi connectivity index (χ2n) is 7.96. The van der Waals surface area contributed by atoms with E-state index < -0.39 is 23.4 Å². The fourth-order valence-electron chi connectivity index (χ4n) is 4.21. The molecular formula is C23H25FN4O3. The molecule has 2 N–H and O–H groups in total. The van der Waals surface area contributed by atoms with E-state index in [-0.39, 0.29) is 12.1 Å². The third-order valence-electron chi connectivity index (χ3n) is 5.83. The molecule has 162 valence electrons. The van der Waals surface area contributed by atoms with Crippen LogP contribution in [0.4, 0.5) is 4.39 Å². The fourth-order valence-corrected chi connectivity index (χ4v) is 4.21. The van der Waals surface area contributed by atoms with Gasteiger partial charge in [-0.05, 0) is 37.5 Å². The van der Waals surface area contributed by atoms with Gasteiger partial charge in [-0.3, -0.25) is 9.69 Å². The summed E-state index contributed by atoms with van der Waals surface area (Å²) >= 11 is 0. The van der Waals surface area contributed by atoms with Gasteiger partial charge in [0.15, 0.2) is 5.82 Å². The van der Waals surface area contributed by atoms with Crippen molar-refractivity contribution in [3.8, 4) is 0 Å². The van der Waals surface area contributed by atoms with Crippen LogP contribution in [0.1, 0.15) is 39.6 Å². The van der Waals surface area contributed by atoms with Crippen LogP contribution in [-0.4, -0.2) is 45.2 Å². The standard InChI is InChI=1S/C23H25FN4O3/c1-15-7-6-10-18(24)21(15)22(30)26-23(17-8-4-3-5-9-17)11-12-28(13-19(23)29)14-20-25-16(2)27-31-20/h3-10,19,29H,11-14H2,1-2H3,(H,26,30)/t19-,23+/m1/s1. The molecule has 1 aromatic heterocycles. The minimum atomic E-state index is -1.05. The molecule has 2 atom stereocenters. The summed E-state index contributed by atoms with van der Waals surface area (Å²) in [5.74, 6) is -0.0967. The Morgan fingerprint density at radius 3 is 2.68 bits per heavy atom. The van der Waals surface area contributed by atoms with Crippen LogP contribution < -0.4 is 5.32 Å². The highest BCUT2D eigenvalue weighted by molar-refractivity contribution is 5.96. The molecule has 0 spiro atoms. The number of carbonyl (C=O) groups is 1. The monoisotopic (exact) mass is 424 g/mol. The van der Waals surface area contributed by atoms with Crippen molar-refractivity contribution in [2.24, 2.45) is 0 Å². The zero-order valence-corrected chi connectivity index (χ0v) is 17.5. The minimum Gasteiger partial charge on any atom is -0.389 e. The number of piperidine rings is 1. The van der Waals surface area contributed by atoms with Crippen molar-refractivity contribution < 1.29 is 18.8 Å². The summed E-state index contributed by atoms with van der Waals surface area (Å²) in [5.41, 5.74) is 0.264. The normalized spacial score (nSPS) is 21.7. The summed E-state index contributed by atoms with van der Waals surface area (Å²) in [7, 11) is 0. The number of hydrogen-bond donors (Lipinski definition) is 2. The molecule has 0 aliphatic carbocycles. The quantitative estimate of drug-likeness (QED) is 0.655. The molecule has 3 aromatic rings. The number of β-amino-alcohol motifs (C(OH)–C–C–N with tert-alkyl or cyclic N) is 1. The first-order valence-electron chi connectivity index (χ1n) is 10.2. The SMILES string of the molecule is Cc1noc(CN2CC[C@](NC(=O)c3c(C)cccc3F)(c3ccccc3)[C@H](O)C2)n1. The molecule has 2 aromatic carbocycles. The molecule has 7 nitrogen and oxygen atoms in total. The number of halogens is 1. The van der Waals surface area contributed by atoms with E-state index in [1.807, 2.05) is 35.2 Å². The largest absolute Gasteiger partial charge is 0.389 e. The molecular weight excluding hydrogens is 399 g/mol. The van der Waals surface area contributed by atoms with E-state index in [1.165, 1.54) is 6.07 Å². The predicted molar refractivity (Wildman–Crippen MR) is 112 cm³/mol. The lowest BCUT2D eigenvalue weighted by molar-refractivity contribution is -0.0206. The Bertz CT molecular complexity index is 1050. The molecule has 0 saturated carbocycles. The van der Waals surface area contributed by atoms with Crippen molar-refractivity contribution in [3.63, 3.8) is 0 Å². The number of nitrogens with zero attached hydrogens (tertiary/aromatic N) is 3. The summed E-state index contributed by atoms with van der Waals surface area (Å²) in [6.45, 7) is 4.71. The molecule has 1 fully saturated rings. The van der Waals surface area contributed by atoms with Crippen LogP contribution >= 0.6 is 0 Å². The van der Waals surface area contributed by atoms with Crippen LogP contribution in [0.5, 0.6) is 0 Å². The van der Waals surface area contributed by atoms with Gasteiger partial charge in [0.25, 0.3) is 5.91 Å². The number of aromatic nitrogens is 2. The van der Waals surface area contributed by atoms with Crippen LogP contribution in [0.15, 0.2) is 53.1 Å². The van der Waals surface area contributed by atoms with Crippen LogP contribution in [0.2, 0.25) is 0 Å². The van der Waals surface area contributed by atoms with Crippen molar-refractivity contribution >= 4 is 5.91 Å². The van der Waals surface area contributed by atoms with Gasteiger partial charge in [0, 0.05) is 13.1 Å². The number of aliphatic hydroxyl groups is 1. The highest BCUT2D eigenvalue weighted by Gasteiger charge is 2.45. The number of hydrogen-bond acceptors (Lipinski definition) is 6. The molecule has 1 amide bonds. The number of benzene rings is 2. The number of amides is 1. The zero-order valence-electron chi connectivity index (χ0n) is 17.5. The summed E-state index contributed by atoms with van der Waals surface area (Å²) < 4.78 is 19.6. The first-order valence-corrected chi connectivity index (χ1v) is 10.2. The average Bonchev–Trinajstić information content (AvgIpc) is 3.15. The highest BCUT2D eigenvalue weighted by atomic mass is 19.1. The minimum absolute atomic E-state index is 0.00577. The third-order valence-corrected chi connectivity index (χ3v) is 5.83. The molecule has 8 heteroatoms. The van der Waals surface area contributed by atoms with Gasteiger partial charge in [0.1, 0.15) is 5.82 Å². The van der Waals surface area contributed by atoms with Crippen LogP contribution in [0.25, 0.3) is 0 Å². The van der Waals surface area contributed by atoms with Gasteiger partial charge in [-0.15, -0.1) is 0 Å². The summed E-state index contributed by atoms with van der Waals surface area (Å²) in [6, 6.07) is 13.9. The Kier molecular flexibility index (Phi) is 5.84. The van der Waals surface area contributed by atoms with Crippen molar-refractivity contribution in [2.75, 3.05) is 13.1 Å². The van der Waals surface area contributed by atoms with Gasteiger partial charge in [-0.2, -0.15) is 4.98 Å². The highest BCUT2D eigenvalue weighted by Crippen LogP contribution is 2.34. The lowest BCUT2D eigenvalue weighted by Crippen LogP contribution is -2.61. The van der Waals surface area contributed by atoms with E-state index in [1.54, 1.807) is 26.0 Å². The average molecular weight is 424 g/mol. The van der Waals surface area contributed by atoms with Crippen molar-refractivity contribution in [1.82, 2.24) is 20.4 Å². The van der Waals surface area contributed by atoms with Gasteiger partial charge in [0.05, 0.1) is 23.8 Å². The number of carbonyl (C=O) groups excluding carboxylic acids is 1. The van der Waals surface area contributed by atoms with E-state index in [9.17, 15) is 14.3 Å². The topological polar surface area (TPSA) is 91.5 Å². The molecule has 4 rings (SSSR count). The van der Waals surface area contributed by atoms with Crippen molar-refractivity contribution in [3.05, 3.63) is 82.8 Å². The van der Waals surface area contributed by atoms with E-state index >= 15 is 0 Å². The molecule has 0 bridgehead atoms. The van der Waals surface area contributed by atoms with E-state index in [4.69, 9.17) is 4.52 Å². The van der Waals surface area contributed by atoms with E-state index in [0.29, 0.717) is 36.8 Å². The van der Waals surface area contributed by atoms with Gasteiger partial charge in [0.2, 0.25) is 5.89 Å². The number of rotatable bonds is 5. The smallest absolute Gasteiger partial charge is 0.255 e. The van der Waals surface area contributed by atoms with Gasteiger partial charge < -0.3 is 14.9 Å². The molecule has 1 aliphatic heterocycles.